The average Bonchev–Trinajstić information content (AvgIpc) is 2.86. The van der Waals surface area contributed by atoms with Gasteiger partial charge < -0.3 is 9.47 Å². The molecule has 0 spiro atoms. The van der Waals surface area contributed by atoms with Crippen LogP contribution in [-0.4, -0.2) is 23.1 Å². The highest BCUT2D eigenvalue weighted by Gasteiger charge is 2.05. The number of benzene rings is 2. The highest BCUT2D eigenvalue weighted by atomic mass is 32.1. The van der Waals surface area contributed by atoms with E-state index in [0.29, 0.717) is 0 Å². The number of fused-ring (bicyclic) bond motifs is 1. The summed E-state index contributed by atoms with van der Waals surface area (Å²) >= 11 is 1.34. The normalized spacial score (nSPS) is 11.5. The van der Waals surface area contributed by atoms with E-state index in [2.05, 4.69) is 60.5 Å². The molecule has 0 fully saturated rings. The summed E-state index contributed by atoms with van der Waals surface area (Å²) in [6, 6.07) is 17.0. The predicted molar refractivity (Wildman–Crippen MR) is 103 cm³/mol. The van der Waals surface area contributed by atoms with Crippen LogP contribution in [0.25, 0.3) is 10.2 Å². The summed E-state index contributed by atoms with van der Waals surface area (Å²) in [7, 11) is 4.02. The quantitative estimate of drug-likeness (QED) is 0.606. The minimum absolute atomic E-state index is 0.115. The smallest absolute Gasteiger partial charge is 0.302 e. The van der Waals surface area contributed by atoms with Gasteiger partial charge in [0.25, 0.3) is 0 Å². The van der Waals surface area contributed by atoms with Gasteiger partial charge in [0.05, 0.1) is 10.2 Å². The molecule has 126 valence electrons. The van der Waals surface area contributed by atoms with Crippen molar-refractivity contribution in [3.8, 4) is 0 Å². The predicted octanol–water partition coefficient (Wildman–Crippen LogP) is 4.05. The molecule has 3 nitrogen and oxygen atoms in total. The van der Waals surface area contributed by atoms with Crippen LogP contribution in [0, 0.1) is 0 Å². The van der Waals surface area contributed by atoms with Crippen molar-refractivity contribution in [2.75, 3.05) is 13.6 Å². The number of thiazole rings is 1. The maximum atomic E-state index is 11.7. The lowest BCUT2D eigenvalue weighted by molar-refractivity contribution is 0.319. The van der Waals surface area contributed by atoms with Crippen LogP contribution in [-0.2, 0) is 20.0 Å². The first-order chi connectivity index (χ1) is 11.6. The number of nitrogens with zero attached hydrogens (tertiary/aromatic N) is 2. The maximum Gasteiger partial charge on any atom is 0.307 e. The van der Waals surface area contributed by atoms with Gasteiger partial charge in [0.15, 0.2) is 0 Å². The first-order valence-corrected chi connectivity index (χ1v) is 9.26. The Balaban J connectivity index is 1.47. The summed E-state index contributed by atoms with van der Waals surface area (Å²) in [6.45, 7) is 2.11. The van der Waals surface area contributed by atoms with Gasteiger partial charge in [-0.2, -0.15) is 0 Å². The van der Waals surface area contributed by atoms with Gasteiger partial charge in [-0.3, -0.25) is 4.79 Å². The van der Waals surface area contributed by atoms with Crippen LogP contribution < -0.4 is 4.87 Å². The Morgan fingerprint density at radius 2 is 1.83 bits per heavy atom. The molecule has 0 aliphatic rings. The fourth-order valence-electron chi connectivity index (χ4n) is 3.02. The maximum absolute atomic E-state index is 11.7. The van der Waals surface area contributed by atoms with E-state index in [9.17, 15) is 4.79 Å². The molecule has 0 amide bonds. The summed E-state index contributed by atoms with van der Waals surface area (Å²) in [5.74, 6) is 0. The number of aromatic nitrogens is 1. The molecule has 0 bridgehead atoms. The topological polar surface area (TPSA) is 25.2 Å². The molecular formula is C20H24N2OS. The lowest BCUT2D eigenvalue weighted by Gasteiger charge is -2.16. The van der Waals surface area contributed by atoms with Crippen LogP contribution in [0.3, 0.4) is 0 Å². The lowest BCUT2D eigenvalue weighted by Crippen LogP contribution is -2.19. The molecule has 3 aromatic rings. The Bertz CT molecular complexity index is 851. The molecule has 0 unspecified atom stereocenters. The molecule has 0 aliphatic carbocycles. The van der Waals surface area contributed by atoms with E-state index in [1.807, 2.05) is 7.05 Å². The van der Waals surface area contributed by atoms with Gasteiger partial charge >= 0.3 is 4.87 Å². The molecule has 2 aromatic carbocycles. The number of hydrogen-bond donors (Lipinski definition) is 0. The average molecular weight is 340 g/mol. The van der Waals surface area contributed by atoms with Gasteiger partial charge in [-0.1, -0.05) is 47.7 Å². The van der Waals surface area contributed by atoms with Crippen molar-refractivity contribution >= 4 is 21.6 Å². The second-order valence-corrected chi connectivity index (χ2v) is 7.40. The van der Waals surface area contributed by atoms with Crippen LogP contribution in [0.4, 0.5) is 0 Å². The molecule has 0 N–H and O–H groups in total. The molecule has 0 atom stereocenters. The van der Waals surface area contributed by atoms with Gasteiger partial charge in [-0.25, -0.2) is 0 Å². The van der Waals surface area contributed by atoms with Gasteiger partial charge in [-0.15, -0.1) is 0 Å². The fourth-order valence-corrected chi connectivity index (χ4v) is 3.96. The van der Waals surface area contributed by atoms with Gasteiger partial charge in [0.1, 0.15) is 0 Å². The third-order valence-corrected chi connectivity index (χ3v) is 5.40. The molecule has 4 heteroatoms. The Hall–Kier alpha value is -1.91. The standard InChI is InChI=1S/C20H24N2OS/c1-21(15-17-9-4-3-5-10-17)13-7-6-8-16-11-12-18-19(14-16)24-20(23)22(18)2/h3-5,9-12,14H,6-8,13,15H2,1-2H3. The molecule has 24 heavy (non-hydrogen) atoms. The van der Waals surface area contributed by atoms with Crippen LogP contribution in [0.5, 0.6) is 0 Å². The van der Waals surface area contributed by atoms with E-state index in [4.69, 9.17) is 0 Å². The molecule has 1 aromatic heterocycles. The number of aryl methyl sites for hydroxylation is 2. The molecule has 0 aliphatic heterocycles. The zero-order valence-electron chi connectivity index (χ0n) is 14.4. The third kappa shape index (κ3) is 4.13. The van der Waals surface area contributed by atoms with E-state index < -0.39 is 0 Å². The fraction of sp³-hybridized carbons (Fsp3) is 0.350. The van der Waals surface area contributed by atoms with Crippen molar-refractivity contribution in [2.24, 2.45) is 7.05 Å². The van der Waals surface area contributed by atoms with E-state index in [1.165, 1.54) is 35.3 Å². The van der Waals surface area contributed by atoms with Crippen molar-refractivity contribution in [3.63, 3.8) is 0 Å². The van der Waals surface area contributed by atoms with E-state index in [-0.39, 0.29) is 4.87 Å². The molecule has 0 saturated carbocycles. The van der Waals surface area contributed by atoms with Crippen LogP contribution in [0.2, 0.25) is 0 Å². The van der Waals surface area contributed by atoms with Crippen LogP contribution in [0.1, 0.15) is 24.0 Å². The van der Waals surface area contributed by atoms with Crippen LogP contribution >= 0.6 is 11.3 Å². The second-order valence-electron chi connectivity index (χ2n) is 6.41. The molecule has 1 heterocycles. The summed E-state index contributed by atoms with van der Waals surface area (Å²) in [4.78, 5) is 14.2. The van der Waals surface area contributed by atoms with E-state index in [1.54, 1.807) is 4.57 Å². The van der Waals surface area contributed by atoms with Crippen LogP contribution in [0.15, 0.2) is 53.3 Å². The minimum Gasteiger partial charge on any atom is -0.302 e. The van der Waals surface area contributed by atoms with Crippen molar-refractivity contribution in [2.45, 2.75) is 25.8 Å². The van der Waals surface area contributed by atoms with Crippen molar-refractivity contribution in [1.29, 1.82) is 0 Å². The number of hydrogen-bond acceptors (Lipinski definition) is 3. The van der Waals surface area contributed by atoms with E-state index >= 15 is 0 Å². The zero-order valence-corrected chi connectivity index (χ0v) is 15.2. The molecular weight excluding hydrogens is 316 g/mol. The minimum atomic E-state index is 0.115. The first kappa shape index (κ1) is 16.9. The van der Waals surface area contributed by atoms with E-state index in [0.717, 1.165) is 29.7 Å². The molecule has 0 saturated heterocycles. The number of unbranched alkanes of at least 4 members (excludes halogenated alkanes) is 1. The van der Waals surface area contributed by atoms with Crippen molar-refractivity contribution < 1.29 is 0 Å². The molecule has 0 radical (unpaired) electrons. The largest absolute Gasteiger partial charge is 0.307 e. The second kappa shape index (κ2) is 7.77. The van der Waals surface area contributed by atoms with Gasteiger partial charge in [-0.05, 0) is 56.1 Å². The SMILES string of the molecule is CN(CCCCc1ccc2c(c1)sc(=O)n2C)Cc1ccccc1. The Kier molecular flexibility index (Phi) is 5.48. The summed E-state index contributed by atoms with van der Waals surface area (Å²) in [5.41, 5.74) is 3.73. The molecule has 3 rings (SSSR count). The van der Waals surface area contributed by atoms with Crippen molar-refractivity contribution in [3.05, 3.63) is 69.3 Å². The van der Waals surface area contributed by atoms with Gasteiger partial charge in [0, 0.05) is 13.6 Å². The first-order valence-electron chi connectivity index (χ1n) is 8.44. The summed E-state index contributed by atoms with van der Waals surface area (Å²) in [5, 5.41) is 0. The summed E-state index contributed by atoms with van der Waals surface area (Å²) < 4.78 is 2.82. The Labute approximate surface area is 147 Å². The van der Waals surface area contributed by atoms with Gasteiger partial charge in [0.2, 0.25) is 0 Å². The number of rotatable bonds is 7. The zero-order chi connectivity index (χ0) is 16.9. The Morgan fingerprint density at radius 1 is 1.04 bits per heavy atom. The van der Waals surface area contributed by atoms with Crippen molar-refractivity contribution in [1.82, 2.24) is 9.47 Å². The third-order valence-electron chi connectivity index (χ3n) is 4.41. The highest BCUT2D eigenvalue weighted by molar-refractivity contribution is 7.16. The Morgan fingerprint density at radius 3 is 2.62 bits per heavy atom. The lowest BCUT2D eigenvalue weighted by atomic mass is 10.1. The highest BCUT2D eigenvalue weighted by Crippen LogP contribution is 2.19. The summed E-state index contributed by atoms with van der Waals surface area (Å²) in [6.07, 6.45) is 3.43. The monoisotopic (exact) mass is 340 g/mol.